The fourth-order valence-corrected chi connectivity index (χ4v) is 2.02. The predicted molar refractivity (Wildman–Crippen MR) is 74.0 cm³/mol. The van der Waals surface area contributed by atoms with Crippen LogP contribution in [0.15, 0.2) is 40.9 Å². The Labute approximate surface area is 122 Å². The van der Waals surface area contributed by atoms with Gasteiger partial charge in [-0.2, -0.15) is 0 Å². The van der Waals surface area contributed by atoms with E-state index >= 15 is 0 Å². The van der Waals surface area contributed by atoms with E-state index in [0.29, 0.717) is 10.0 Å². The Kier molecular flexibility index (Phi) is 4.34. The number of esters is 1. The van der Waals surface area contributed by atoms with Gasteiger partial charge < -0.3 is 10.5 Å². The van der Waals surface area contributed by atoms with Gasteiger partial charge in [-0.1, -0.05) is 22.0 Å². The number of carbonyl (C=O) groups is 1. The zero-order valence-corrected chi connectivity index (χ0v) is 11.8. The summed E-state index contributed by atoms with van der Waals surface area (Å²) in [5.74, 6) is -1.94. The molecule has 0 unspecified atom stereocenters. The van der Waals surface area contributed by atoms with Crippen LogP contribution in [0.4, 0.5) is 14.5 Å². The summed E-state index contributed by atoms with van der Waals surface area (Å²) in [4.78, 5) is 11.8. The summed E-state index contributed by atoms with van der Waals surface area (Å²) in [6.45, 7) is -0.103. The van der Waals surface area contributed by atoms with Crippen LogP contribution in [-0.2, 0) is 11.3 Å². The summed E-state index contributed by atoms with van der Waals surface area (Å²) in [6.07, 6.45) is 0. The van der Waals surface area contributed by atoms with Crippen molar-refractivity contribution >= 4 is 27.6 Å². The Bertz CT molecular complexity index is 662. The average Bonchev–Trinajstić information content (AvgIpc) is 2.40. The SMILES string of the molecule is Nc1ccc(F)c(C(=O)OCc2ccc(F)cc2Br)c1. The van der Waals surface area contributed by atoms with Crippen LogP contribution in [0, 0.1) is 11.6 Å². The van der Waals surface area contributed by atoms with E-state index in [0.717, 1.165) is 6.07 Å². The van der Waals surface area contributed by atoms with Crippen LogP contribution >= 0.6 is 15.9 Å². The van der Waals surface area contributed by atoms with E-state index in [1.54, 1.807) is 0 Å². The number of hydrogen-bond donors (Lipinski definition) is 1. The molecule has 3 nitrogen and oxygen atoms in total. The molecule has 104 valence electrons. The number of benzene rings is 2. The number of nitrogen functional groups attached to an aromatic ring is 1. The first-order chi connectivity index (χ1) is 9.47. The van der Waals surface area contributed by atoms with Crippen molar-refractivity contribution in [3.05, 3.63) is 63.6 Å². The smallest absolute Gasteiger partial charge is 0.341 e. The lowest BCUT2D eigenvalue weighted by Gasteiger charge is -2.08. The third-order valence-electron chi connectivity index (χ3n) is 2.58. The van der Waals surface area contributed by atoms with Gasteiger partial charge in [-0.25, -0.2) is 13.6 Å². The van der Waals surface area contributed by atoms with E-state index in [9.17, 15) is 13.6 Å². The molecule has 0 atom stereocenters. The Morgan fingerprint density at radius 3 is 2.65 bits per heavy atom. The fraction of sp³-hybridized carbons (Fsp3) is 0.0714. The molecule has 2 aromatic carbocycles. The van der Waals surface area contributed by atoms with Gasteiger partial charge in [-0.05, 0) is 30.3 Å². The zero-order chi connectivity index (χ0) is 14.7. The molecule has 0 bridgehead atoms. The molecule has 2 N–H and O–H groups in total. The third kappa shape index (κ3) is 3.33. The third-order valence-corrected chi connectivity index (χ3v) is 3.32. The molecule has 0 amide bonds. The van der Waals surface area contributed by atoms with E-state index in [-0.39, 0.29) is 17.9 Å². The minimum atomic E-state index is -0.828. The van der Waals surface area contributed by atoms with Crippen molar-refractivity contribution in [3.8, 4) is 0 Å². The van der Waals surface area contributed by atoms with E-state index in [4.69, 9.17) is 10.5 Å². The highest BCUT2D eigenvalue weighted by atomic mass is 79.9. The average molecular weight is 342 g/mol. The number of carbonyl (C=O) groups excluding carboxylic acids is 1. The van der Waals surface area contributed by atoms with Gasteiger partial charge in [-0.3, -0.25) is 0 Å². The second-order valence-electron chi connectivity index (χ2n) is 4.05. The predicted octanol–water partition coefficient (Wildman–Crippen LogP) is 3.67. The zero-order valence-electron chi connectivity index (χ0n) is 10.2. The molecule has 0 spiro atoms. The molecule has 0 heterocycles. The Balaban J connectivity index is 2.10. The van der Waals surface area contributed by atoms with Crippen LogP contribution in [0.25, 0.3) is 0 Å². The quantitative estimate of drug-likeness (QED) is 0.684. The highest BCUT2D eigenvalue weighted by Crippen LogP contribution is 2.20. The monoisotopic (exact) mass is 341 g/mol. The number of nitrogens with two attached hydrogens (primary N) is 1. The standard InChI is InChI=1S/C14H10BrF2NO2/c15-12-5-9(16)2-1-8(12)7-20-14(19)11-6-10(18)3-4-13(11)17/h1-6H,7,18H2. The molecule has 0 aliphatic rings. The molecule has 0 fully saturated rings. The van der Waals surface area contributed by atoms with Crippen molar-refractivity contribution in [1.82, 2.24) is 0 Å². The van der Waals surface area contributed by atoms with Crippen molar-refractivity contribution < 1.29 is 18.3 Å². The van der Waals surface area contributed by atoms with Gasteiger partial charge in [0.15, 0.2) is 0 Å². The molecule has 2 rings (SSSR count). The van der Waals surface area contributed by atoms with Crippen molar-refractivity contribution in [1.29, 1.82) is 0 Å². The molecular weight excluding hydrogens is 332 g/mol. The van der Waals surface area contributed by atoms with Gasteiger partial charge in [0.25, 0.3) is 0 Å². The molecular formula is C14H10BrF2NO2. The minimum Gasteiger partial charge on any atom is -0.457 e. The molecule has 0 saturated carbocycles. The van der Waals surface area contributed by atoms with Crippen molar-refractivity contribution in [2.45, 2.75) is 6.61 Å². The molecule has 0 saturated heterocycles. The maximum Gasteiger partial charge on any atom is 0.341 e. The van der Waals surface area contributed by atoms with Gasteiger partial charge in [-0.15, -0.1) is 0 Å². The maximum absolute atomic E-state index is 13.5. The van der Waals surface area contributed by atoms with Crippen LogP contribution in [0.2, 0.25) is 0 Å². The van der Waals surface area contributed by atoms with E-state index in [2.05, 4.69) is 15.9 Å². The Morgan fingerprint density at radius 1 is 1.20 bits per heavy atom. The molecule has 0 aliphatic heterocycles. The topological polar surface area (TPSA) is 52.3 Å². The summed E-state index contributed by atoms with van der Waals surface area (Å²) in [7, 11) is 0. The van der Waals surface area contributed by atoms with Gasteiger partial charge in [0.05, 0.1) is 5.56 Å². The Morgan fingerprint density at radius 2 is 1.95 bits per heavy atom. The number of hydrogen-bond acceptors (Lipinski definition) is 3. The van der Waals surface area contributed by atoms with Gasteiger partial charge in [0, 0.05) is 15.7 Å². The van der Waals surface area contributed by atoms with E-state index < -0.39 is 17.6 Å². The van der Waals surface area contributed by atoms with E-state index in [1.807, 2.05) is 0 Å². The summed E-state index contributed by atoms with van der Waals surface area (Å²) in [6, 6.07) is 7.63. The highest BCUT2D eigenvalue weighted by Gasteiger charge is 2.14. The second kappa shape index (κ2) is 6.00. The number of halogens is 3. The van der Waals surface area contributed by atoms with Crippen molar-refractivity contribution in [2.24, 2.45) is 0 Å². The first-order valence-electron chi connectivity index (χ1n) is 5.63. The summed E-state index contributed by atoms with van der Waals surface area (Å²) in [5, 5.41) is 0. The molecule has 20 heavy (non-hydrogen) atoms. The molecule has 6 heteroatoms. The molecule has 0 aromatic heterocycles. The summed E-state index contributed by atoms with van der Waals surface area (Å²) < 4.78 is 31.8. The molecule has 0 radical (unpaired) electrons. The van der Waals surface area contributed by atoms with Crippen LogP contribution in [0.3, 0.4) is 0 Å². The molecule has 0 aliphatic carbocycles. The van der Waals surface area contributed by atoms with Crippen molar-refractivity contribution in [2.75, 3.05) is 5.73 Å². The lowest BCUT2D eigenvalue weighted by Crippen LogP contribution is -2.08. The van der Waals surface area contributed by atoms with Gasteiger partial charge >= 0.3 is 5.97 Å². The number of anilines is 1. The van der Waals surface area contributed by atoms with Crippen LogP contribution < -0.4 is 5.73 Å². The Hall–Kier alpha value is -1.95. The first kappa shape index (κ1) is 14.5. The largest absolute Gasteiger partial charge is 0.457 e. The van der Waals surface area contributed by atoms with Crippen LogP contribution in [-0.4, -0.2) is 5.97 Å². The first-order valence-corrected chi connectivity index (χ1v) is 6.43. The van der Waals surface area contributed by atoms with Gasteiger partial charge in [0.2, 0.25) is 0 Å². The lowest BCUT2D eigenvalue weighted by molar-refractivity contribution is 0.0466. The maximum atomic E-state index is 13.5. The van der Waals surface area contributed by atoms with E-state index in [1.165, 1.54) is 30.3 Å². The second-order valence-corrected chi connectivity index (χ2v) is 4.91. The number of ether oxygens (including phenoxy) is 1. The van der Waals surface area contributed by atoms with Crippen LogP contribution in [0.1, 0.15) is 15.9 Å². The lowest BCUT2D eigenvalue weighted by atomic mass is 10.2. The van der Waals surface area contributed by atoms with Gasteiger partial charge in [0.1, 0.15) is 18.2 Å². The van der Waals surface area contributed by atoms with Crippen LogP contribution in [0.5, 0.6) is 0 Å². The highest BCUT2D eigenvalue weighted by molar-refractivity contribution is 9.10. The molecule has 2 aromatic rings. The van der Waals surface area contributed by atoms with Crippen molar-refractivity contribution in [3.63, 3.8) is 0 Å². The normalized spacial score (nSPS) is 10.3. The minimum absolute atomic E-state index is 0.103. The summed E-state index contributed by atoms with van der Waals surface area (Å²) >= 11 is 3.15. The fourth-order valence-electron chi connectivity index (χ4n) is 1.56. The summed E-state index contributed by atoms with van der Waals surface area (Å²) in [5.41, 5.74) is 6.09. The number of rotatable bonds is 3.